The lowest BCUT2D eigenvalue weighted by Gasteiger charge is -2.31. The number of piperidine rings is 1. The normalized spacial score (nSPS) is 32.0. The van der Waals surface area contributed by atoms with Crippen LogP contribution in [0.3, 0.4) is 0 Å². The van der Waals surface area contributed by atoms with Gasteiger partial charge in [0.25, 0.3) is 0 Å². The highest BCUT2D eigenvalue weighted by atomic mass is 35.5. The van der Waals surface area contributed by atoms with Gasteiger partial charge in [0.1, 0.15) is 6.04 Å². The molecule has 0 aromatic carbocycles. The van der Waals surface area contributed by atoms with E-state index in [-0.39, 0.29) is 18.4 Å². The van der Waals surface area contributed by atoms with Gasteiger partial charge in [0.2, 0.25) is 0 Å². The highest BCUT2D eigenvalue weighted by Gasteiger charge is 2.30. The van der Waals surface area contributed by atoms with E-state index >= 15 is 0 Å². The number of aliphatic hydroxyl groups is 1. The van der Waals surface area contributed by atoms with Gasteiger partial charge in [0.15, 0.2) is 0 Å². The molecule has 1 rings (SSSR count). The van der Waals surface area contributed by atoms with Crippen LogP contribution in [-0.4, -0.2) is 34.4 Å². The number of aliphatic carboxylic acids is 1. The van der Waals surface area contributed by atoms with E-state index in [0.717, 1.165) is 12.8 Å². The number of halogens is 1. The van der Waals surface area contributed by atoms with Gasteiger partial charge in [-0.15, -0.1) is 12.4 Å². The average molecular weight is 224 g/mol. The van der Waals surface area contributed by atoms with E-state index in [9.17, 15) is 9.90 Å². The van der Waals surface area contributed by atoms with Crippen LogP contribution in [0.25, 0.3) is 0 Å². The molecule has 4 nitrogen and oxygen atoms in total. The molecule has 0 spiro atoms. The van der Waals surface area contributed by atoms with Crippen LogP contribution >= 0.6 is 12.4 Å². The molecule has 0 saturated carbocycles. The molecule has 0 aromatic heterocycles. The van der Waals surface area contributed by atoms with Crippen molar-refractivity contribution in [3.63, 3.8) is 0 Å². The molecule has 1 heterocycles. The SMILES string of the molecule is CCC[C@H]1C[C@H](O)C[C@@H](C(=O)O)N1.Cl. The Morgan fingerprint density at radius 1 is 1.50 bits per heavy atom. The Bertz CT molecular complexity index is 189. The summed E-state index contributed by atoms with van der Waals surface area (Å²) in [5.74, 6) is -0.861. The molecule has 0 unspecified atom stereocenters. The van der Waals surface area contributed by atoms with Crippen molar-refractivity contribution in [3.05, 3.63) is 0 Å². The van der Waals surface area contributed by atoms with Crippen molar-refractivity contribution in [1.82, 2.24) is 5.32 Å². The largest absolute Gasteiger partial charge is 0.480 e. The quantitative estimate of drug-likeness (QED) is 0.661. The zero-order valence-corrected chi connectivity index (χ0v) is 9.09. The topological polar surface area (TPSA) is 69.6 Å². The van der Waals surface area contributed by atoms with Crippen LogP contribution in [0, 0.1) is 0 Å². The van der Waals surface area contributed by atoms with Crippen molar-refractivity contribution in [1.29, 1.82) is 0 Å². The predicted octanol–water partition coefficient (Wildman–Crippen LogP) is 0.774. The van der Waals surface area contributed by atoms with Gasteiger partial charge < -0.3 is 15.5 Å². The Kier molecular flexibility index (Phi) is 6.08. The van der Waals surface area contributed by atoms with Gasteiger partial charge in [-0.05, 0) is 19.3 Å². The van der Waals surface area contributed by atoms with Crippen molar-refractivity contribution in [2.75, 3.05) is 0 Å². The molecule has 3 N–H and O–H groups in total. The maximum Gasteiger partial charge on any atom is 0.320 e. The second-order valence-corrected chi connectivity index (χ2v) is 3.67. The third kappa shape index (κ3) is 3.82. The van der Waals surface area contributed by atoms with Gasteiger partial charge in [-0.2, -0.15) is 0 Å². The van der Waals surface area contributed by atoms with E-state index in [4.69, 9.17) is 5.11 Å². The minimum absolute atomic E-state index is 0. The molecule has 0 aliphatic carbocycles. The first-order valence-electron chi connectivity index (χ1n) is 4.80. The molecule has 1 saturated heterocycles. The summed E-state index contributed by atoms with van der Waals surface area (Å²) in [6.45, 7) is 2.05. The molecular formula is C9H18ClNO3. The summed E-state index contributed by atoms with van der Waals surface area (Å²) in [5, 5.41) is 21.2. The zero-order valence-electron chi connectivity index (χ0n) is 8.27. The fourth-order valence-electron chi connectivity index (χ4n) is 1.84. The van der Waals surface area contributed by atoms with Gasteiger partial charge in [0.05, 0.1) is 6.10 Å². The third-order valence-corrected chi connectivity index (χ3v) is 2.44. The molecule has 14 heavy (non-hydrogen) atoms. The van der Waals surface area contributed by atoms with Crippen molar-refractivity contribution < 1.29 is 15.0 Å². The van der Waals surface area contributed by atoms with Crippen LogP contribution in [0.5, 0.6) is 0 Å². The van der Waals surface area contributed by atoms with E-state index in [0.29, 0.717) is 12.8 Å². The lowest BCUT2D eigenvalue weighted by Crippen LogP contribution is -2.51. The molecule has 0 radical (unpaired) electrons. The Balaban J connectivity index is 0.00000169. The van der Waals surface area contributed by atoms with Gasteiger partial charge >= 0.3 is 5.97 Å². The minimum Gasteiger partial charge on any atom is -0.480 e. The van der Waals surface area contributed by atoms with Gasteiger partial charge in [-0.3, -0.25) is 4.79 Å². The molecule has 5 heteroatoms. The van der Waals surface area contributed by atoms with E-state index < -0.39 is 18.1 Å². The fourth-order valence-corrected chi connectivity index (χ4v) is 1.84. The number of carboxylic acid groups (broad SMARTS) is 1. The molecule has 0 bridgehead atoms. The van der Waals surface area contributed by atoms with E-state index in [2.05, 4.69) is 12.2 Å². The smallest absolute Gasteiger partial charge is 0.320 e. The highest BCUT2D eigenvalue weighted by Crippen LogP contribution is 2.16. The minimum atomic E-state index is -0.861. The maximum absolute atomic E-state index is 10.7. The number of aliphatic hydroxyl groups excluding tert-OH is 1. The Labute approximate surface area is 90.1 Å². The molecule has 0 amide bonds. The van der Waals surface area contributed by atoms with E-state index in [1.807, 2.05) is 0 Å². The second kappa shape index (κ2) is 6.22. The maximum atomic E-state index is 10.7. The van der Waals surface area contributed by atoms with Gasteiger partial charge in [-0.25, -0.2) is 0 Å². The van der Waals surface area contributed by atoms with Crippen molar-refractivity contribution in [3.8, 4) is 0 Å². The lowest BCUT2D eigenvalue weighted by atomic mass is 9.93. The predicted molar refractivity (Wildman–Crippen MR) is 55.7 cm³/mol. The number of rotatable bonds is 3. The van der Waals surface area contributed by atoms with Gasteiger partial charge in [-0.1, -0.05) is 13.3 Å². The molecule has 1 fully saturated rings. The first-order valence-corrected chi connectivity index (χ1v) is 4.80. The van der Waals surface area contributed by atoms with E-state index in [1.54, 1.807) is 0 Å². The van der Waals surface area contributed by atoms with Crippen LogP contribution in [0.15, 0.2) is 0 Å². The Morgan fingerprint density at radius 3 is 2.64 bits per heavy atom. The summed E-state index contributed by atoms with van der Waals surface area (Å²) in [5.41, 5.74) is 0. The summed E-state index contributed by atoms with van der Waals surface area (Å²) >= 11 is 0. The van der Waals surface area contributed by atoms with Crippen LogP contribution < -0.4 is 5.32 Å². The summed E-state index contributed by atoms with van der Waals surface area (Å²) in [6.07, 6.45) is 2.49. The molecule has 0 aromatic rings. The first-order chi connectivity index (χ1) is 6.13. The summed E-state index contributed by atoms with van der Waals surface area (Å²) in [6, 6.07) is -0.407. The van der Waals surface area contributed by atoms with Crippen molar-refractivity contribution >= 4 is 18.4 Å². The third-order valence-electron chi connectivity index (χ3n) is 2.44. The van der Waals surface area contributed by atoms with Crippen molar-refractivity contribution in [2.45, 2.75) is 50.8 Å². The molecule has 3 atom stereocenters. The number of hydrogen-bond donors (Lipinski definition) is 3. The average Bonchev–Trinajstić information content (AvgIpc) is 2.03. The Morgan fingerprint density at radius 2 is 2.14 bits per heavy atom. The summed E-state index contributed by atoms with van der Waals surface area (Å²) in [4.78, 5) is 10.7. The molecule has 84 valence electrons. The fraction of sp³-hybridized carbons (Fsp3) is 0.889. The van der Waals surface area contributed by atoms with Crippen LogP contribution in [0.2, 0.25) is 0 Å². The number of hydrogen-bond acceptors (Lipinski definition) is 3. The molecule has 1 aliphatic heterocycles. The molecular weight excluding hydrogens is 206 g/mol. The number of nitrogens with one attached hydrogen (secondary N) is 1. The van der Waals surface area contributed by atoms with Crippen LogP contribution in [0.4, 0.5) is 0 Å². The first kappa shape index (κ1) is 13.7. The number of carbonyl (C=O) groups is 1. The lowest BCUT2D eigenvalue weighted by molar-refractivity contribution is -0.141. The highest BCUT2D eigenvalue weighted by molar-refractivity contribution is 5.85. The zero-order chi connectivity index (χ0) is 9.84. The molecule has 1 aliphatic rings. The second-order valence-electron chi connectivity index (χ2n) is 3.67. The summed E-state index contributed by atoms with van der Waals surface area (Å²) in [7, 11) is 0. The Hall–Kier alpha value is -0.320. The van der Waals surface area contributed by atoms with Gasteiger partial charge in [0, 0.05) is 6.04 Å². The monoisotopic (exact) mass is 223 g/mol. The summed E-state index contributed by atoms with van der Waals surface area (Å²) < 4.78 is 0. The van der Waals surface area contributed by atoms with Crippen molar-refractivity contribution in [2.24, 2.45) is 0 Å². The number of carboxylic acids is 1. The van der Waals surface area contributed by atoms with E-state index in [1.165, 1.54) is 0 Å². The van der Waals surface area contributed by atoms with Crippen LogP contribution in [0.1, 0.15) is 32.6 Å². The standard InChI is InChI=1S/C9H17NO3.ClH/c1-2-3-6-4-7(11)5-8(10-6)9(12)13;/h6-8,10-11H,2-5H2,1H3,(H,12,13);1H/t6-,7-,8-;/m0./s1. The van der Waals surface area contributed by atoms with Crippen LogP contribution in [-0.2, 0) is 4.79 Å².